The van der Waals surface area contributed by atoms with Crippen LogP contribution in [0, 0.1) is 0 Å². The minimum Gasteiger partial charge on any atom is -0.338 e. The van der Waals surface area contributed by atoms with E-state index in [1.54, 1.807) is 6.07 Å². The van der Waals surface area contributed by atoms with Crippen molar-refractivity contribution in [2.75, 3.05) is 5.32 Å². The molecule has 0 radical (unpaired) electrons. The Hall–Kier alpha value is -2.29. The average molecular weight is 371 g/mol. The van der Waals surface area contributed by atoms with Gasteiger partial charge in [0.1, 0.15) is 5.69 Å². The molecule has 0 bridgehead atoms. The summed E-state index contributed by atoms with van der Waals surface area (Å²) in [5, 5.41) is 6.37. The molecule has 0 unspecified atom stereocenters. The topological polar surface area (TPSA) is 68.0 Å². The van der Waals surface area contributed by atoms with Gasteiger partial charge in [-0.15, -0.1) is 0 Å². The number of pyridine rings is 1. The van der Waals surface area contributed by atoms with Gasteiger partial charge in [0.2, 0.25) is 5.88 Å². The summed E-state index contributed by atoms with van der Waals surface area (Å²) in [5.74, 6) is -0.372. The Labute approximate surface area is 146 Å². The van der Waals surface area contributed by atoms with Gasteiger partial charge in [0.05, 0.1) is 10.6 Å². The van der Waals surface area contributed by atoms with Crippen molar-refractivity contribution >= 4 is 23.6 Å². The van der Waals surface area contributed by atoms with E-state index in [0.717, 1.165) is 24.0 Å². The van der Waals surface area contributed by atoms with Gasteiger partial charge in [0, 0.05) is 22.6 Å². The van der Waals surface area contributed by atoms with Gasteiger partial charge in [-0.2, -0.15) is 13.2 Å². The van der Waals surface area contributed by atoms with E-state index in [1.165, 1.54) is 6.07 Å². The first-order valence-corrected chi connectivity index (χ1v) is 7.97. The van der Waals surface area contributed by atoms with Gasteiger partial charge in [-0.05, 0) is 12.1 Å². The zero-order valence-electron chi connectivity index (χ0n) is 13.8. The predicted molar refractivity (Wildman–Crippen MR) is 88.1 cm³/mol. The van der Waals surface area contributed by atoms with Crippen molar-refractivity contribution in [1.29, 1.82) is 0 Å². The third-order valence-corrected chi connectivity index (χ3v) is 3.95. The Morgan fingerprint density at radius 1 is 1.24 bits per heavy atom. The molecule has 0 aliphatic carbocycles. The van der Waals surface area contributed by atoms with E-state index in [4.69, 9.17) is 4.52 Å². The Morgan fingerprint density at radius 3 is 2.40 bits per heavy atom. The third-order valence-electron chi connectivity index (χ3n) is 3.04. The number of hydrogen-bond acceptors (Lipinski definition) is 5. The number of anilines is 1. The minimum absolute atomic E-state index is 0.0790. The number of halogens is 3. The van der Waals surface area contributed by atoms with Crippen molar-refractivity contribution in [1.82, 2.24) is 10.1 Å². The number of nitrogens with one attached hydrogen (secondary N) is 1. The molecule has 25 heavy (non-hydrogen) atoms. The van der Waals surface area contributed by atoms with Gasteiger partial charge >= 0.3 is 6.18 Å². The molecule has 0 aliphatic heterocycles. The van der Waals surface area contributed by atoms with Gasteiger partial charge in [0.15, 0.2) is 0 Å². The number of nitrogens with zero attached hydrogens (tertiary/aromatic N) is 2. The van der Waals surface area contributed by atoms with Crippen molar-refractivity contribution in [3.05, 3.63) is 47.3 Å². The first-order chi connectivity index (χ1) is 11.5. The monoisotopic (exact) mass is 371 g/mol. The van der Waals surface area contributed by atoms with Gasteiger partial charge < -0.3 is 4.52 Å². The van der Waals surface area contributed by atoms with Crippen molar-refractivity contribution in [2.45, 2.75) is 37.3 Å². The molecule has 2 aromatic rings. The Balaban J connectivity index is 1.98. The summed E-state index contributed by atoms with van der Waals surface area (Å²) in [6.07, 6.45) is -3.47. The number of carbonyl (C=O) groups excluding carboxylic acids is 1. The van der Waals surface area contributed by atoms with E-state index >= 15 is 0 Å². The second-order valence-electron chi connectivity index (χ2n) is 6.18. The average Bonchev–Trinajstić information content (AvgIpc) is 2.95. The van der Waals surface area contributed by atoms with E-state index in [2.05, 4.69) is 22.0 Å². The van der Waals surface area contributed by atoms with Gasteiger partial charge in [-0.25, -0.2) is 0 Å². The Kier molecular flexibility index (Phi) is 5.26. The van der Waals surface area contributed by atoms with E-state index in [1.807, 2.05) is 20.8 Å². The van der Waals surface area contributed by atoms with Crippen LogP contribution in [0.1, 0.15) is 32.2 Å². The molecule has 2 rings (SSSR count). The first kappa shape index (κ1) is 19.0. The lowest BCUT2D eigenvalue weighted by Crippen LogP contribution is -2.12. The largest absolute Gasteiger partial charge is 0.433 e. The van der Waals surface area contributed by atoms with E-state index in [0.29, 0.717) is 10.6 Å². The van der Waals surface area contributed by atoms with Crippen LogP contribution >= 0.6 is 11.8 Å². The SMILES string of the molecule is C=C(Sc1ccc(C(F)(F)F)nc1)C(=O)Nc1cc(C(C)(C)C)no1. The molecule has 0 aromatic carbocycles. The molecule has 1 N–H and O–H groups in total. The van der Waals surface area contributed by atoms with Gasteiger partial charge in [-0.3, -0.25) is 15.1 Å². The van der Waals surface area contributed by atoms with Crippen molar-refractivity contribution in [3.8, 4) is 0 Å². The normalized spacial score (nSPS) is 12.1. The smallest absolute Gasteiger partial charge is 0.338 e. The maximum absolute atomic E-state index is 12.5. The van der Waals surface area contributed by atoms with Crippen LogP contribution in [0.4, 0.5) is 19.1 Å². The fourth-order valence-corrected chi connectivity index (χ4v) is 2.34. The summed E-state index contributed by atoms with van der Waals surface area (Å²) in [6, 6.07) is 3.68. The highest BCUT2D eigenvalue weighted by Gasteiger charge is 2.32. The summed E-state index contributed by atoms with van der Waals surface area (Å²) >= 11 is 0.904. The van der Waals surface area contributed by atoms with E-state index in [-0.39, 0.29) is 16.2 Å². The molecule has 1 amide bonds. The molecule has 2 heterocycles. The van der Waals surface area contributed by atoms with Crippen LogP contribution in [-0.4, -0.2) is 16.0 Å². The fraction of sp³-hybridized carbons (Fsp3) is 0.312. The van der Waals surface area contributed by atoms with E-state index in [9.17, 15) is 18.0 Å². The number of hydrogen-bond donors (Lipinski definition) is 1. The maximum Gasteiger partial charge on any atom is 0.433 e. The quantitative estimate of drug-likeness (QED) is 0.627. The molecular formula is C16H16F3N3O2S. The molecule has 5 nitrogen and oxygen atoms in total. The standard InChI is InChI=1S/C16H16F3N3O2S/c1-9(25-10-5-6-11(20-8-10)16(17,18)19)14(23)21-13-7-12(22-24-13)15(2,3)4/h5-8H,1H2,2-4H3,(H,21,23). The number of amides is 1. The predicted octanol–water partition coefficient (Wildman–Crippen LogP) is 4.63. The Morgan fingerprint density at radius 2 is 1.92 bits per heavy atom. The van der Waals surface area contributed by atoms with E-state index < -0.39 is 17.8 Å². The van der Waals surface area contributed by atoms with Crippen LogP contribution in [0.5, 0.6) is 0 Å². The molecule has 0 saturated carbocycles. The van der Waals surface area contributed by atoms with Crippen LogP contribution in [-0.2, 0) is 16.4 Å². The molecule has 0 spiro atoms. The number of alkyl halides is 3. The molecule has 0 saturated heterocycles. The van der Waals surface area contributed by atoms with Crippen LogP contribution < -0.4 is 5.32 Å². The highest BCUT2D eigenvalue weighted by molar-refractivity contribution is 8.04. The molecule has 9 heteroatoms. The summed E-state index contributed by atoms with van der Waals surface area (Å²) in [5.41, 5.74) is -0.555. The lowest BCUT2D eigenvalue weighted by Gasteiger charge is -2.12. The van der Waals surface area contributed by atoms with Crippen LogP contribution in [0.15, 0.2) is 45.3 Å². The van der Waals surface area contributed by atoms with Crippen LogP contribution in [0.3, 0.4) is 0 Å². The van der Waals surface area contributed by atoms with Gasteiger partial charge in [0.25, 0.3) is 5.91 Å². The van der Waals surface area contributed by atoms with Crippen LogP contribution in [0.2, 0.25) is 0 Å². The fourth-order valence-electron chi connectivity index (χ4n) is 1.67. The number of aromatic nitrogens is 2. The second-order valence-corrected chi connectivity index (χ2v) is 7.35. The molecule has 0 fully saturated rings. The summed E-state index contributed by atoms with van der Waals surface area (Å²) < 4.78 is 42.5. The first-order valence-electron chi connectivity index (χ1n) is 7.15. The van der Waals surface area contributed by atoms with Crippen molar-refractivity contribution in [3.63, 3.8) is 0 Å². The van der Waals surface area contributed by atoms with Crippen molar-refractivity contribution < 1.29 is 22.5 Å². The number of thioether (sulfide) groups is 1. The van der Waals surface area contributed by atoms with Crippen LogP contribution in [0.25, 0.3) is 0 Å². The number of carbonyl (C=O) groups is 1. The zero-order valence-corrected chi connectivity index (χ0v) is 14.6. The van der Waals surface area contributed by atoms with Crippen molar-refractivity contribution in [2.24, 2.45) is 0 Å². The molecule has 2 aromatic heterocycles. The zero-order chi connectivity index (χ0) is 18.8. The molecule has 0 atom stereocenters. The number of rotatable bonds is 4. The summed E-state index contributed by atoms with van der Waals surface area (Å²) in [6.45, 7) is 9.45. The minimum atomic E-state index is -4.51. The lowest BCUT2D eigenvalue weighted by atomic mass is 9.92. The Bertz CT molecular complexity index is 777. The van der Waals surface area contributed by atoms with Gasteiger partial charge in [-0.1, -0.05) is 44.3 Å². The third kappa shape index (κ3) is 5.09. The summed E-state index contributed by atoms with van der Waals surface area (Å²) in [4.78, 5) is 15.9. The lowest BCUT2D eigenvalue weighted by molar-refractivity contribution is -0.141. The maximum atomic E-state index is 12.5. The second kappa shape index (κ2) is 6.91. The molecule has 134 valence electrons. The molecule has 0 aliphatic rings. The highest BCUT2D eigenvalue weighted by atomic mass is 32.2. The highest BCUT2D eigenvalue weighted by Crippen LogP contribution is 2.31. The molecular weight excluding hydrogens is 355 g/mol. The summed E-state index contributed by atoms with van der Waals surface area (Å²) in [7, 11) is 0.